The second kappa shape index (κ2) is 6.13. The molecule has 2 heterocycles. The lowest BCUT2D eigenvalue weighted by Gasteiger charge is -2.17. The molecule has 1 aliphatic heterocycles. The van der Waals surface area contributed by atoms with Crippen LogP contribution in [0.15, 0.2) is 10.3 Å². The summed E-state index contributed by atoms with van der Waals surface area (Å²) in [5.41, 5.74) is 0.870. The Morgan fingerprint density at radius 1 is 1.35 bits per heavy atom. The molecule has 2 unspecified atom stereocenters. The van der Waals surface area contributed by atoms with Crippen molar-refractivity contribution in [1.29, 1.82) is 0 Å². The highest BCUT2D eigenvalue weighted by Gasteiger charge is 2.37. The van der Waals surface area contributed by atoms with E-state index < -0.39 is 10.0 Å². The lowest BCUT2D eigenvalue weighted by atomic mass is 10.0. The number of hydrogen-bond donors (Lipinski definition) is 1. The van der Waals surface area contributed by atoms with E-state index >= 15 is 0 Å². The topological polar surface area (TPSA) is 49.4 Å². The molecule has 1 saturated heterocycles. The summed E-state index contributed by atoms with van der Waals surface area (Å²) in [6, 6.07) is 0. The van der Waals surface area contributed by atoms with Gasteiger partial charge in [-0.2, -0.15) is 4.31 Å². The number of aryl methyl sites for hydroxylation is 1. The molecule has 0 radical (unpaired) electrons. The number of thiophene rings is 1. The largest absolute Gasteiger partial charge is 0.312 e. The number of rotatable bonds is 5. The van der Waals surface area contributed by atoms with Gasteiger partial charge in [0.15, 0.2) is 0 Å². The predicted molar refractivity (Wildman–Crippen MR) is 83.5 cm³/mol. The van der Waals surface area contributed by atoms with Crippen LogP contribution in [0.4, 0.5) is 0 Å². The van der Waals surface area contributed by atoms with Crippen molar-refractivity contribution in [1.82, 2.24) is 9.62 Å². The molecular formula is C14H24N2O2S2. The third kappa shape index (κ3) is 2.93. The smallest absolute Gasteiger partial charge is 0.244 e. The van der Waals surface area contributed by atoms with Crippen molar-refractivity contribution < 1.29 is 8.42 Å². The maximum Gasteiger partial charge on any atom is 0.244 e. The number of nitrogens with zero attached hydrogens (tertiary/aromatic N) is 1. The molecule has 1 N–H and O–H groups in total. The molecule has 0 saturated carbocycles. The zero-order valence-corrected chi connectivity index (χ0v) is 14.3. The third-order valence-corrected chi connectivity index (χ3v) is 7.37. The molecule has 4 nitrogen and oxygen atoms in total. The van der Waals surface area contributed by atoms with E-state index in [1.165, 1.54) is 11.3 Å². The Morgan fingerprint density at radius 2 is 1.95 bits per heavy atom. The Kier molecular flexibility index (Phi) is 4.89. The van der Waals surface area contributed by atoms with Gasteiger partial charge >= 0.3 is 0 Å². The van der Waals surface area contributed by atoms with Crippen molar-refractivity contribution in [3.8, 4) is 0 Å². The molecule has 114 valence electrons. The standard InChI is InChI=1S/C14H24N2O2S2/c1-5-15-6-13-14(12(4)9-19-13)20(17,18)16-7-10(2)11(3)8-16/h9-11,15H,5-8H2,1-4H3. The normalized spacial score (nSPS) is 24.4. The van der Waals surface area contributed by atoms with Crippen LogP contribution < -0.4 is 5.32 Å². The van der Waals surface area contributed by atoms with Gasteiger partial charge in [0.05, 0.1) is 0 Å². The van der Waals surface area contributed by atoms with Crippen LogP contribution in [0.5, 0.6) is 0 Å². The second-order valence-corrected chi connectivity index (χ2v) is 8.57. The zero-order chi connectivity index (χ0) is 14.9. The molecule has 0 spiro atoms. The molecule has 0 bridgehead atoms. The van der Waals surface area contributed by atoms with Gasteiger partial charge in [0.25, 0.3) is 0 Å². The Hall–Kier alpha value is -0.430. The van der Waals surface area contributed by atoms with Crippen molar-refractivity contribution in [2.45, 2.75) is 39.1 Å². The molecule has 0 aromatic carbocycles. The van der Waals surface area contributed by atoms with Gasteiger partial charge in [-0.1, -0.05) is 20.8 Å². The lowest BCUT2D eigenvalue weighted by molar-refractivity contribution is 0.462. The Bertz CT molecular complexity index is 556. The van der Waals surface area contributed by atoms with Gasteiger partial charge in [0.2, 0.25) is 10.0 Å². The third-order valence-electron chi connectivity index (χ3n) is 4.08. The molecular weight excluding hydrogens is 292 g/mol. The average molecular weight is 316 g/mol. The first-order chi connectivity index (χ1) is 9.37. The summed E-state index contributed by atoms with van der Waals surface area (Å²) < 4.78 is 27.5. The molecule has 0 aliphatic carbocycles. The van der Waals surface area contributed by atoms with Gasteiger partial charge < -0.3 is 5.32 Å². The van der Waals surface area contributed by atoms with Gasteiger partial charge in [-0.05, 0) is 36.2 Å². The molecule has 1 aromatic rings. The van der Waals surface area contributed by atoms with Crippen molar-refractivity contribution >= 4 is 21.4 Å². The minimum atomic E-state index is -3.35. The number of sulfonamides is 1. The van der Waals surface area contributed by atoms with Crippen LogP contribution >= 0.6 is 11.3 Å². The van der Waals surface area contributed by atoms with E-state index in [0.717, 1.165) is 17.0 Å². The number of nitrogens with one attached hydrogen (secondary N) is 1. The highest BCUT2D eigenvalue weighted by Crippen LogP contribution is 2.33. The van der Waals surface area contributed by atoms with E-state index in [2.05, 4.69) is 19.2 Å². The summed E-state index contributed by atoms with van der Waals surface area (Å²) in [7, 11) is -3.35. The van der Waals surface area contributed by atoms with Crippen LogP contribution in [-0.2, 0) is 16.6 Å². The summed E-state index contributed by atoms with van der Waals surface area (Å²) in [6.45, 7) is 10.9. The molecule has 1 fully saturated rings. The fourth-order valence-corrected chi connectivity index (χ4v) is 5.97. The van der Waals surface area contributed by atoms with Gasteiger partial charge in [-0.3, -0.25) is 0 Å². The molecule has 2 rings (SSSR count). The van der Waals surface area contributed by atoms with Gasteiger partial charge in [0, 0.05) is 24.5 Å². The van der Waals surface area contributed by atoms with Crippen molar-refractivity contribution in [3.63, 3.8) is 0 Å². The van der Waals surface area contributed by atoms with Gasteiger partial charge in [-0.15, -0.1) is 11.3 Å². The molecule has 20 heavy (non-hydrogen) atoms. The maximum absolute atomic E-state index is 12.9. The second-order valence-electron chi connectivity index (χ2n) is 5.73. The quantitative estimate of drug-likeness (QED) is 0.908. The molecule has 1 aromatic heterocycles. The van der Waals surface area contributed by atoms with E-state index in [1.807, 2.05) is 19.2 Å². The Morgan fingerprint density at radius 3 is 2.50 bits per heavy atom. The monoisotopic (exact) mass is 316 g/mol. The zero-order valence-electron chi connectivity index (χ0n) is 12.6. The van der Waals surface area contributed by atoms with E-state index in [9.17, 15) is 8.42 Å². The summed E-state index contributed by atoms with van der Waals surface area (Å²) >= 11 is 1.54. The lowest BCUT2D eigenvalue weighted by Crippen LogP contribution is -2.30. The first-order valence-corrected chi connectivity index (χ1v) is 9.47. The summed E-state index contributed by atoms with van der Waals surface area (Å²) in [5.74, 6) is 0.863. The SMILES string of the molecule is CCNCc1scc(C)c1S(=O)(=O)N1CC(C)C(C)C1. The van der Waals surface area contributed by atoms with Crippen LogP contribution in [0, 0.1) is 18.8 Å². The minimum absolute atomic E-state index is 0.431. The molecule has 0 amide bonds. The Balaban J connectivity index is 2.32. The van der Waals surface area contributed by atoms with Crippen LogP contribution in [0.2, 0.25) is 0 Å². The predicted octanol–water partition coefficient (Wildman–Crippen LogP) is 2.44. The molecule has 1 aliphatic rings. The van der Waals surface area contributed by atoms with Gasteiger partial charge in [-0.25, -0.2) is 8.42 Å². The number of hydrogen-bond acceptors (Lipinski definition) is 4. The van der Waals surface area contributed by atoms with E-state index in [4.69, 9.17) is 0 Å². The van der Waals surface area contributed by atoms with Crippen molar-refractivity contribution in [2.24, 2.45) is 11.8 Å². The van der Waals surface area contributed by atoms with Crippen LogP contribution in [-0.4, -0.2) is 32.4 Å². The summed E-state index contributed by atoms with van der Waals surface area (Å²) in [5, 5.41) is 5.17. The maximum atomic E-state index is 12.9. The van der Waals surface area contributed by atoms with E-state index in [-0.39, 0.29) is 0 Å². The molecule has 6 heteroatoms. The highest BCUT2D eigenvalue weighted by atomic mass is 32.2. The van der Waals surface area contributed by atoms with Crippen LogP contribution in [0.25, 0.3) is 0 Å². The van der Waals surface area contributed by atoms with E-state index in [0.29, 0.717) is 36.4 Å². The van der Waals surface area contributed by atoms with Crippen molar-refractivity contribution in [2.75, 3.05) is 19.6 Å². The molecule has 2 atom stereocenters. The van der Waals surface area contributed by atoms with Crippen LogP contribution in [0.1, 0.15) is 31.2 Å². The van der Waals surface area contributed by atoms with Crippen LogP contribution in [0.3, 0.4) is 0 Å². The fourth-order valence-electron chi connectivity index (χ4n) is 2.60. The van der Waals surface area contributed by atoms with E-state index in [1.54, 1.807) is 4.31 Å². The Labute approximate surface area is 126 Å². The summed E-state index contributed by atoms with van der Waals surface area (Å²) in [6.07, 6.45) is 0. The van der Waals surface area contributed by atoms with Crippen molar-refractivity contribution in [3.05, 3.63) is 15.8 Å². The minimum Gasteiger partial charge on any atom is -0.312 e. The highest BCUT2D eigenvalue weighted by molar-refractivity contribution is 7.89. The fraction of sp³-hybridized carbons (Fsp3) is 0.714. The first-order valence-electron chi connectivity index (χ1n) is 7.15. The van der Waals surface area contributed by atoms with Gasteiger partial charge in [0.1, 0.15) is 4.90 Å². The first kappa shape index (κ1) is 15.9. The average Bonchev–Trinajstić information content (AvgIpc) is 2.92. The summed E-state index contributed by atoms with van der Waals surface area (Å²) in [4.78, 5) is 1.46.